The second-order valence-electron chi connectivity index (χ2n) is 6.45. The van der Waals surface area contributed by atoms with Crippen molar-refractivity contribution in [2.24, 2.45) is 11.7 Å². The predicted octanol–water partition coefficient (Wildman–Crippen LogP) is 2.73. The monoisotopic (exact) mass is 374 g/mol. The topological polar surface area (TPSA) is 62.5 Å². The Labute approximate surface area is 156 Å². The lowest BCUT2D eigenvalue weighted by molar-refractivity contribution is 0.0787. The number of rotatable bonds is 3. The summed E-state index contributed by atoms with van der Waals surface area (Å²) in [5, 5.41) is 0. The smallest absolute Gasteiger partial charge is 0.255 e. The van der Waals surface area contributed by atoms with Crippen molar-refractivity contribution < 1.29 is 4.79 Å². The third-order valence-electron chi connectivity index (χ3n) is 4.83. The SMILES string of the molecule is Cl.Cl.NCC1CCN(C(=O)c2ccc(N3CCCCCC3)nc2)C1. The Balaban J connectivity index is 0.00000144. The number of hydrogen-bond acceptors (Lipinski definition) is 4. The number of carbonyl (C=O) groups is 1. The Hall–Kier alpha value is -1.04. The molecule has 1 atom stereocenters. The molecule has 2 aliphatic rings. The number of aromatic nitrogens is 1. The minimum absolute atomic E-state index is 0. The maximum absolute atomic E-state index is 12.5. The molecule has 2 saturated heterocycles. The van der Waals surface area contributed by atoms with Crippen LogP contribution in [0, 0.1) is 5.92 Å². The van der Waals surface area contributed by atoms with Gasteiger partial charge in [-0.2, -0.15) is 0 Å². The first-order valence-electron chi connectivity index (χ1n) is 8.48. The van der Waals surface area contributed by atoms with E-state index in [9.17, 15) is 4.79 Å². The van der Waals surface area contributed by atoms with Gasteiger partial charge >= 0.3 is 0 Å². The summed E-state index contributed by atoms with van der Waals surface area (Å²) in [5.41, 5.74) is 6.39. The van der Waals surface area contributed by atoms with E-state index in [-0.39, 0.29) is 30.7 Å². The van der Waals surface area contributed by atoms with Gasteiger partial charge in [0.1, 0.15) is 5.82 Å². The molecule has 2 N–H and O–H groups in total. The van der Waals surface area contributed by atoms with Crippen LogP contribution in [-0.4, -0.2) is 48.5 Å². The normalized spacial score (nSPS) is 20.8. The molecule has 0 saturated carbocycles. The Kier molecular flexibility index (Phi) is 8.81. The Bertz CT molecular complexity index is 504. The lowest BCUT2D eigenvalue weighted by atomic mass is 10.1. The summed E-state index contributed by atoms with van der Waals surface area (Å²) in [5.74, 6) is 1.54. The number of anilines is 1. The van der Waals surface area contributed by atoms with Crippen molar-refractivity contribution in [1.29, 1.82) is 0 Å². The Morgan fingerprint density at radius 2 is 1.83 bits per heavy atom. The first-order valence-corrected chi connectivity index (χ1v) is 8.48. The van der Waals surface area contributed by atoms with E-state index in [0.717, 1.165) is 38.4 Å². The molecule has 2 aliphatic heterocycles. The van der Waals surface area contributed by atoms with Gasteiger partial charge in [-0.3, -0.25) is 4.79 Å². The molecule has 0 bridgehead atoms. The number of halogens is 2. The minimum Gasteiger partial charge on any atom is -0.357 e. The van der Waals surface area contributed by atoms with Crippen LogP contribution in [0.3, 0.4) is 0 Å². The van der Waals surface area contributed by atoms with Crippen molar-refractivity contribution in [3.05, 3.63) is 23.9 Å². The molecule has 1 aromatic heterocycles. The van der Waals surface area contributed by atoms with Crippen LogP contribution in [0.2, 0.25) is 0 Å². The van der Waals surface area contributed by atoms with Gasteiger partial charge in [0, 0.05) is 32.4 Å². The van der Waals surface area contributed by atoms with Gasteiger partial charge in [0.05, 0.1) is 5.56 Å². The van der Waals surface area contributed by atoms with Gasteiger partial charge in [-0.05, 0) is 43.9 Å². The number of likely N-dealkylation sites (tertiary alicyclic amines) is 1. The van der Waals surface area contributed by atoms with Crippen molar-refractivity contribution >= 4 is 36.5 Å². The van der Waals surface area contributed by atoms with Crippen LogP contribution in [0.5, 0.6) is 0 Å². The quantitative estimate of drug-likeness (QED) is 0.883. The van der Waals surface area contributed by atoms with Crippen molar-refractivity contribution in [2.75, 3.05) is 37.6 Å². The van der Waals surface area contributed by atoms with Crippen LogP contribution < -0.4 is 10.6 Å². The lowest BCUT2D eigenvalue weighted by Gasteiger charge is -2.22. The van der Waals surface area contributed by atoms with Crippen LogP contribution >= 0.6 is 24.8 Å². The molecule has 0 radical (unpaired) electrons. The van der Waals surface area contributed by atoms with Crippen molar-refractivity contribution in [2.45, 2.75) is 32.1 Å². The first-order chi connectivity index (χ1) is 10.8. The molecule has 1 amide bonds. The van der Waals surface area contributed by atoms with Gasteiger partial charge in [-0.15, -0.1) is 24.8 Å². The van der Waals surface area contributed by atoms with E-state index >= 15 is 0 Å². The van der Waals surface area contributed by atoms with Gasteiger partial charge in [0.15, 0.2) is 0 Å². The summed E-state index contributed by atoms with van der Waals surface area (Å²) < 4.78 is 0. The van der Waals surface area contributed by atoms with Gasteiger partial charge in [0.2, 0.25) is 0 Å². The molecule has 0 aliphatic carbocycles. The molecule has 2 fully saturated rings. The highest BCUT2D eigenvalue weighted by Gasteiger charge is 2.26. The number of hydrogen-bond donors (Lipinski definition) is 1. The average Bonchev–Trinajstić information content (AvgIpc) is 2.88. The van der Waals surface area contributed by atoms with E-state index < -0.39 is 0 Å². The maximum atomic E-state index is 12.5. The van der Waals surface area contributed by atoms with E-state index in [1.54, 1.807) is 6.20 Å². The molecule has 5 nitrogen and oxygen atoms in total. The summed E-state index contributed by atoms with van der Waals surface area (Å²) in [7, 11) is 0. The average molecular weight is 375 g/mol. The van der Waals surface area contributed by atoms with E-state index in [0.29, 0.717) is 18.0 Å². The van der Waals surface area contributed by atoms with E-state index in [1.165, 1.54) is 25.7 Å². The third-order valence-corrected chi connectivity index (χ3v) is 4.83. The highest BCUT2D eigenvalue weighted by molar-refractivity contribution is 5.94. The highest BCUT2D eigenvalue weighted by atomic mass is 35.5. The summed E-state index contributed by atoms with van der Waals surface area (Å²) in [6, 6.07) is 3.92. The van der Waals surface area contributed by atoms with Crippen molar-refractivity contribution in [1.82, 2.24) is 9.88 Å². The molecule has 1 unspecified atom stereocenters. The number of nitrogens with zero attached hydrogens (tertiary/aromatic N) is 3. The van der Waals surface area contributed by atoms with Crippen molar-refractivity contribution in [3.8, 4) is 0 Å². The molecule has 24 heavy (non-hydrogen) atoms. The first kappa shape index (κ1) is 21.0. The van der Waals surface area contributed by atoms with Gasteiger partial charge in [-0.25, -0.2) is 4.98 Å². The number of amides is 1. The van der Waals surface area contributed by atoms with Crippen molar-refractivity contribution in [3.63, 3.8) is 0 Å². The van der Waals surface area contributed by atoms with Gasteiger partial charge in [-0.1, -0.05) is 12.8 Å². The summed E-state index contributed by atoms with van der Waals surface area (Å²) in [6.07, 6.45) is 7.84. The third kappa shape index (κ3) is 4.98. The number of nitrogens with two attached hydrogens (primary N) is 1. The molecular weight excluding hydrogens is 347 g/mol. The lowest BCUT2D eigenvalue weighted by Crippen LogP contribution is -2.30. The Morgan fingerprint density at radius 1 is 1.12 bits per heavy atom. The summed E-state index contributed by atoms with van der Waals surface area (Å²) in [6.45, 7) is 4.41. The molecule has 0 spiro atoms. The van der Waals surface area contributed by atoms with Gasteiger partial charge in [0.25, 0.3) is 5.91 Å². The van der Waals surface area contributed by atoms with E-state index in [1.807, 2.05) is 17.0 Å². The molecule has 7 heteroatoms. The second-order valence-corrected chi connectivity index (χ2v) is 6.45. The standard InChI is InChI=1S/C17H26N4O.2ClH/c18-11-14-7-10-21(13-14)17(22)15-5-6-16(19-12-15)20-8-3-1-2-4-9-20;;/h5-6,12,14H,1-4,7-11,13,18H2;2*1H. The fraction of sp³-hybridized carbons (Fsp3) is 0.647. The predicted molar refractivity (Wildman–Crippen MR) is 102 cm³/mol. The largest absolute Gasteiger partial charge is 0.357 e. The maximum Gasteiger partial charge on any atom is 0.255 e. The number of pyridine rings is 1. The highest BCUT2D eigenvalue weighted by Crippen LogP contribution is 2.20. The fourth-order valence-electron chi connectivity index (χ4n) is 3.39. The molecule has 1 aromatic rings. The van der Waals surface area contributed by atoms with Crippen LogP contribution in [-0.2, 0) is 0 Å². The number of carbonyl (C=O) groups excluding carboxylic acids is 1. The fourth-order valence-corrected chi connectivity index (χ4v) is 3.39. The zero-order valence-electron chi connectivity index (χ0n) is 14.0. The minimum atomic E-state index is 0. The molecule has 0 aromatic carbocycles. The van der Waals surface area contributed by atoms with Crippen LogP contribution in [0.1, 0.15) is 42.5 Å². The van der Waals surface area contributed by atoms with Gasteiger partial charge < -0.3 is 15.5 Å². The molecular formula is C17H28Cl2N4O. The zero-order chi connectivity index (χ0) is 15.4. The van der Waals surface area contributed by atoms with E-state index in [4.69, 9.17) is 5.73 Å². The summed E-state index contributed by atoms with van der Waals surface area (Å²) >= 11 is 0. The Morgan fingerprint density at radius 3 is 2.38 bits per heavy atom. The van der Waals surface area contributed by atoms with Crippen LogP contribution in [0.25, 0.3) is 0 Å². The van der Waals surface area contributed by atoms with Crippen LogP contribution in [0.15, 0.2) is 18.3 Å². The van der Waals surface area contributed by atoms with Crippen LogP contribution in [0.4, 0.5) is 5.82 Å². The zero-order valence-corrected chi connectivity index (χ0v) is 15.7. The summed E-state index contributed by atoms with van der Waals surface area (Å²) in [4.78, 5) is 21.2. The molecule has 136 valence electrons. The molecule has 3 rings (SSSR count). The van der Waals surface area contributed by atoms with E-state index in [2.05, 4.69) is 9.88 Å². The molecule has 3 heterocycles. The second kappa shape index (κ2) is 10.1.